The molecule has 126 valence electrons. The van der Waals surface area contributed by atoms with Crippen molar-refractivity contribution in [3.63, 3.8) is 0 Å². The highest BCUT2D eigenvalue weighted by molar-refractivity contribution is 5.87. The summed E-state index contributed by atoms with van der Waals surface area (Å²) in [5.41, 5.74) is 2.26. The summed E-state index contributed by atoms with van der Waals surface area (Å²) in [7, 11) is 1.95. The van der Waals surface area contributed by atoms with Crippen LogP contribution in [0, 0.1) is 23.7 Å². The summed E-state index contributed by atoms with van der Waals surface area (Å²) in [6.07, 6.45) is 1.64. The number of hydrogen-bond acceptors (Lipinski definition) is 5. The number of aryl methyl sites for hydroxylation is 1. The number of nitrogens with zero attached hydrogens (tertiary/aromatic N) is 3. The van der Waals surface area contributed by atoms with Crippen LogP contribution in [0.4, 0.5) is 5.82 Å². The van der Waals surface area contributed by atoms with Crippen molar-refractivity contribution in [2.45, 2.75) is 19.8 Å². The fourth-order valence-corrected chi connectivity index (χ4v) is 3.52. The smallest absolute Gasteiger partial charge is 0.147 e. The maximum absolute atomic E-state index is 9.92. The molecule has 24 heavy (non-hydrogen) atoms. The molecule has 0 atom stereocenters. The Balaban J connectivity index is 2.00. The summed E-state index contributed by atoms with van der Waals surface area (Å²) in [6.45, 7) is 4.09. The van der Waals surface area contributed by atoms with Crippen molar-refractivity contribution in [2.75, 3.05) is 38.3 Å². The molecule has 0 saturated carbocycles. The standard InChI is InChI=1S/C19H23N3O2/c1-14-15-5-3-4-6-17(15)21-18(16(14)11-20)22(2)12-19(13-23)7-9-24-10-8-19/h3-6,23H,7-10,12-13H2,1-2H3. The summed E-state index contributed by atoms with van der Waals surface area (Å²) in [6, 6.07) is 10.2. The molecule has 1 aromatic heterocycles. The molecule has 0 bridgehead atoms. The third-order valence-electron chi connectivity index (χ3n) is 5.07. The van der Waals surface area contributed by atoms with Crippen LogP contribution in [0.25, 0.3) is 10.9 Å². The number of benzene rings is 1. The monoisotopic (exact) mass is 325 g/mol. The van der Waals surface area contributed by atoms with Crippen LogP contribution in [0.5, 0.6) is 0 Å². The van der Waals surface area contributed by atoms with Gasteiger partial charge in [-0.2, -0.15) is 5.26 Å². The Morgan fingerprint density at radius 1 is 1.33 bits per heavy atom. The molecular formula is C19H23N3O2. The van der Waals surface area contributed by atoms with E-state index in [0.717, 1.165) is 29.3 Å². The second-order valence-corrected chi connectivity index (χ2v) is 6.69. The highest BCUT2D eigenvalue weighted by Gasteiger charge is 2.34. The lowest BCUT2D eigenvalue weighted by atomic mass is 9.80. The van der Waals surface area contributed by atoms with E-state index in [1.165, 1.54) is 0 Å². The van der Waals surface area contributed by atoms with Gasteiger partial charge in [0.15, 0.2) is 0 Å². The van der Waals surface area contributed by atoms with Crippen molar-refractivity contribution in [1.82, 2.24) is 4.98 Å². The van der Waals surface area contributed by atoms with Crippen molar-refractivity contribution in [1.29, 1.82) is 5.26 Å². The molecular weight excluding hydrogens is 302 g/mol. The summed E-state index contributed by atoms with van der Waals surface area (Å²) in [4.78, 5) is 6.74. The number of aliphatic hydroxyl groups is 1. The van der Waals surface area contributed by atoms with Gasteiger partial charge in [-0.15, -0.1) is 0 Å². The van der Waals surface area contributed by atoms with E-state index >= 15 is 0 Å². The zero-order chi connectivity index (χ0) is 17.2. The lowest BCUT2D eigenvalue weighted by Crippen LogP contribution is -2.43. The quantitative estimate of drug-likeness (QED) is 0.936. The molecule has 1 aliphatic rings. The molecule has 1 saturated heterocycles. The Kier molecular flexibility index (Phi) is 4.70. The predicted molar refractivity (Wildman–Crippen MR) is 94.0 cm³/mol. The zero-order valence-corrected chi connectivity index (χ0v) is 14.2. The summed E-state index contributed by atoms with van der Waals surface area (Å²) in [5.74, 6) is 0.688. The molecule has 0 spiro atoms. The van der Waals surface area contributed by atoms with E-state index in [-0.39, 0.29) is 12.0 Å². The predicted octanol–water partition coefficient (Wildman–Crippen LogP) is 2.64. The number of ether oxygens (including phenoxy) is 1. The van der Waals surface area contributed by atoms with Crippen LogP contribution in [0.15, 0.2) is 24.3 Å². The van der Waals surface area contributed by atoms with Gasteiger partial charge < -0.3 is 14.7 Å². The molecule has 1 aromatic carbocycles. The average Bonchev–Trinajstić information content (AvgIpc) is 2.62. The minimum absolute atomic E-state index is 0.120. The molecule has 0 amide bonds. The van der Waals surface area contributed by atoms with E-state index < -0.39 is 0 Å². The molecule has 3 rings (SSSR count). The first-order valence-electron chi connectivity index (χ1n) is 8.29. The van der Waals surface area contributed by atoms with Crippen molar-refractivity contribution >= 4 is 16.7 Å². The first-order valence-corrected chi connectivity index (χ1v) is 8.29. The van der Waals surface area contributed by atoms with Gasteiger partial charge in [0.1, 0.15) is 11.9 Å². The highest BCUT2D eigenvalue weighted by Crippen LogP contribution is 2.34. The maximum Gasteiger partial charge on any atom is 0.147 e. The number of nitriles is 1. The minimum atomic E-state index is -0.193. The summed E-state index contributed by atoms with van der Waals surface area (Å²) >= 11 is 0. The number of aromatic nitrogens is 1. The fraction of sp³-hybridized carbons (Fsp3) is 0.474. The fourth-order valence-electron chi connectivity index (χ4n) is 3.52. The van der Waals surface area contributed by atoms with Gasteiger partial charge in [0.2, 0.25) is 0 Å². The molecule has 0 aliphatic carbocycles. The van der Waals surface area contributed by atoms with E-state index in [2.05, 4.69) is 6.07 Å². The number of anilines is 1. The van der Waals surface area contributed by atoms with Crippen molar-refractivity contribution in [3.05, 3.63) is 35.4 Å². The van der Waals surface area contributed by atoms with Crippen LogP contribution in [0.3, 0.4) is 0 Å². The summed E-state index contributed by atoms with van der Waals surface area (Å²) in [5, 5.41) is 20.6. The first kappa shape index (κ1) is 16.7. The lowest BCUT2D eigenvalue weighted by molar-refractivity contribution is -0.0113. The second kappa shape index (κ2) is 6.76. The Labute approximate surface area is 142 Å². The topological polar surface area (TPSA) is 69.4 Å². The number of aliphatic hydroxyl groups excluding tert-OH is 1. The Bertz CT molecular complexity index is 776. The van der Waals surface area contributed by atoms with Gasteiger partial charge in [-0.1, -0.05) is 18.2 Å². The van der Waals surface area contributed by atoms with Crippen molar-refractivity contribution < 1.29 is 9.84 Å². The van der Waals surface area contributed by atoms with E-state index in [1.54, 1.807) is 0 Å². The van der Waals surface area contributed by atoms with Crippen LogP contribution in [-0.2, 0) is 4.74 Å². The number of fused-ring (bicyclic) bond motifs is 1. The molecule has 2 heterocycles. The molecule has 0 unspecified atom stereocenters. The minimum Gasteiger partial charge on any atom is -0.396 e. The average molecular weight is 325 g/mol. The zero-order valence-electron chi connectivity index (χ0n) is 14.2. The first-order chi connectivity index (χ1) is 11.6. The van der Waals surface area contributed by atoms with Crippen molar-refractivity contribution in [2.24, 2.45) is 5.41 Å². The molecule has 2 aromatic rings. The van der Waals surface area contributed by atoms with Crippen LogP contribution in [0.1, 0.15) is 24.0 Å². The molecule has 0 radical (unpaired) electrons. The van der Waals surface area contributed by atoms with Gasteiger partial charge >= 0.3 is 0 Å². The van der Waals surface area contributed by atoms with Crippen LogP contribution in [-0.4, -0.2) is 43.5 Å². The van der Waals surface area contributed by atoms with Crippen LogP contribution in [0.2, 0.25) is 0 Å². The van der Waals surface area contributed by atoms with Gasteiger partial charge in [0, 0.05) is 37.6 Å². The van der Waals surface area contributed by atoms with E-state index in [4.69, 9.17) is 9.72 Å². The Hall–Kier alpha value is -2.16. The SMILES string of the molecule is Cc1c(C#N)c(N(C)CC2(CO)CCOCC2)nc2ccccc12. The highest BCUT2D eigenvalue weighted by atomic mass is 16.5. The number of rotatable bonds is 4. The van der Waals surface area contributed by atoms with Gasteiger partial charge in [-0.3, -0.25) is 0 Å². The van der Waals surface area contributed by atoms with Gasteiger partial charge in [-0.25, -0.2) is 4.98 Å². The lowest BCUT2D eigenvalue weighted by Gasteiger charge is -2.39. The maximum atomic E-state index is 9.92. The van der Waals surface area contributed by atoms with Gasteiger partial charge in [0.25, 0.3) is 0 Å². The van der Waals surface area contributed by atoms with Crippen LogP contribution >= 0.6 is 0 Å². The molecule has 1 fully saturated rings. The Morgan fingerprint density at radius 3 is 2.71 bits per heavy atom. The third kappa shape index (κ3) is 2.95. The van der Waals surface area contributed by atoms with E-state index in [1.807, 2.05) is 43.1 Å². The van der Waals surface area contributed by atoms with Gasteiger partial charge in [-0.05, 0) is 31.4 Å². The third-order valence-corrected chi connectivity index (χ3v) is 5.07. The van der Waals surface area contributed by atoms with Crippen LogP contribution < -0.4 is 4.90 Å². The van der Waals surface area contributed by atoms with E-state index in [0.29, 0.717) is 31.1 Å². The van der Waals surface area contributed by atoms with Crippen molar-refractivity contribution in [3.8, 4) is 6.07 Å². The number of pyridine rings is 1. The number of para-hydroxylation sites is 1. The molecule has 1 N–H and O–H groups in total. The molecule has 5 nitrogen and oxygen atoms in total. The molecule has 1 aliphatic heterocycles. The second-order valence-electron chi connectivity index (χ2n) is 6.69. The van der Waals surface area contributed by atoms with E-state index in [9.17, 15) is 10.4 Å². The Morgan fingerprint density at radius 2 is 2.04 bits per heavy atom. The largest absolute Gasteiger partial charge is 0.396 e. The summed E-state index contributed by atoms with van der Waals surface area (Å²) < 4.78 is 5.44. The number of hydrogen-bond donors (Lipinski definition) is 1. The van der Waals surface area contributed by atoms with Gasteiger partial charge in [0.05, 0.1) is 17.7 Å². The normalized spacial score (nSPS) is 16.8. The molecule has 5 heteroatoms.